The lowest BCUT2D eigenvalue weighted by atomic mass is 9.87. The molecule has 0 amide bonds. The van der Waals surface area contributed by atoms with Gasteiger partial charge in [-0.3, -0.25) is 4.79 Å². The molecule has 0 bridgehead atoms. The molecule has 0 aliphatic heterocycles. The molecule has 198 valence electrons. The van der Waals surface area contributed by atoms with Crippen LogP contribution in [0.4, 0.5) is 10.3 Å². The number of nitrogens with zero attached hydrogens (tertiary/aromatic N) is 6. The summed E-state index contributed by atoms with van der Waals surface area (Å²) < 4.78 is 26.9. The van der Waals surface area contributed by atoms with E-state index in [1.807, 2.05) is 19.1 Å². The number of carbonyl (C=O) groups is 1. The van der Waals surface area contributed by atoms with Crippen molar-refractivity contribution < 1.29 is 23.8 Å². The van der Waals surface area contributed by atoms with Crippen LogP contribution in [-0.2, 0) is 18.4 Å². The number of hydrogen-bond donors (Lipinski definition) is 2. The highest BCUT2D eigenvalue weighted by molar-refractivity contribution is 5.70. The van der Waals surface area contributed by atoms with Crippen LogP contribution in [-0.4, -0.2) is 59.4 Å². The number of aromatic nitrogens is 6. The number of ether oxygens (including phenoxy) is 2. The summed E-state index contributed by atoms with van der Waals surface area (Å²) >= 11 is 0. The lowest BCUT2D eigenvalue weighted by Gasteiger charge is -2.27. The zero-order valence-electron chi connectivity index (χ0n) is 21.4. The molecule has 0 radical (unpaired) electrons. The molecule has 0 saturated heterocycles. The highest BCUT2D eigenvalue weighted by Gasteiger charge is 2.28. The van der Waals surface area contributed by atoms with Gasteiger partial charge in [-0.25, -0.2) is 19.0 Å². The van der Waals surface area contributed by atoms with E-state index in [9.17, 15) is 14.3 Å². The normalized spacial score (nSPS) is 17.9. The topological polar surface area (TPSA) is 137 Å². The predicted molar refractivity (Wildman–Crippen MR) is 133 cm³/mol. The van der Waals surface area contributed by atoms with Crippen molar-refractivity contribution in [3.63, 3.8) is 0 Å². The van der Waals surface area contributed by atoms with Crippen LogP contribution in [0.25, 0.3) is 11.4 Å². The maximum absolute atomic E-state index is 13.7. The monoisotopic (exact) mass is 513 g/mol. The maximum atomic E-state index is 13.7. The van der Waals surface area contributed by atoms with Gasteiger partial charge in [0.1, 0.15) is 23.7 Å². The molecule has 1 saturated carbocycles. The van der Waals surface area contributed by atoms with Crippen molar-refractivity contribution in [2.75, 3.05) is 11.9 Å². The third-order valence-electron chi connectivity index (χ3n) is 6.10. The first kappa shape index (κ1) is 26.2. The second kappa shape index (κ2) is 11.1. The van der Waals surface area contributed by atoms with Gasteiger partial charge in [-0.1, -0.05) is 5.21 Å². The van der Waals surface area contributed by atoms with Gasteiger partial charge in [0.2, 0.25) is 11.8 Å². The highest BCUT2D eigenvalue weighted by atomic mass is 19.1. The lowest BCUT2D eigenvalue weighted by molar-refractivity contribution is -0.143. The number of aryl methyl sites for hydroxylation is 2. The SMILES string of the molecule is Cc1nc(-c2nnn(C)c2CNc2nccc(OCC(C)(C)F)n2)ccc1O[C@H]1CCC[C@H](C(=O)O)C1. The molecule has 0 spiro atoms. The van der Waals surface area contributed by atoms with E-state index in [2.05, 4.69) is 30.6 Å². The van der Waals surface area contributed by atoms with Crippen LogP contribution in [0.2, 0.25) is 0 Å². The average Bonchev–Trinajstić information content (AvgIpc) is 3.23. The zero-order chi connectivity index (χ0) is 26.6. The van der Waals surface area contributed by atoms with E-state index in [1.54, 1.807) is 17.8 Å². The Labute approximate surface area is 214 Å². The van der Waals surface area contributed by atoms with Crippen LogP contribution in [0, 0.1) is 12.8 Å². The molecule has 2 N–H and O–H groups in total. The second-order valence-electron chi connectivity index (χ2n) is 9.81. The smallest absolute Gasteiger partial charge is 0.306 e. The molecule has 37 heavy (non-hydrogen) atoms. The number of aliphatic carboxylic acids is 1. The first-order valence-corrected chi connectivity index (χ1v) is 12.2. The summed E-state index contributed by atoms with van der Waals surface area (Å²) in [6, 6.07) is 5.22. The van der Waals surface area contributed by atoms with Crippen molar-refractivity contribution in [3.05, 3.63) is 35.8 Å². The molecule has 2 atom stereocenters. The van der Waals surface area contributed by atoms with Crippen LogP contribution < -0.4 is 14.8 Å². The first-order chi connectivity index (χ1) is 17.6. The van der Waals surface area contributed by atoms with E-state index in [0.717, 1.165) is 18.5 Å². The Hall–Kier alpha value is -3.83. The number of anilines is 1. The quantitative estimate of drug-likeness (QED) is 0.412. The van der Waals surface area contributed by atoms with Crippen molar-refractivity contribution in [1.29, 1.82) is 0 Å². The van der Waals surface area contributed by atoms with Gasteiger partial charge in [-0.2, -0.15) is 4.98 Å². The van der Waals surface area contributed by atoms with Crippen LogP contribution in [0.15, 0.2) is 24.4 Å². The molecule has 11 nitrogen and oxygen atoms in total. The third-order valence-corrected chi connectivity index (χ3v) is 6.10. The van der Waals surface area contributed by atoms with Crippen molar-refractivity contribution >= 4 is 11.9 Å². The minimum atomic E-state index is -1.48. The van der Waals surface area contributed by atoms with Crippen LogP contribution >= 0.6 is 0 Å². The summed E-state index contributed by atoms with van der Waals surface area (Å²) in [5, 5.41) is 20.9. The number of nitrogens with one attached hydrogen (secondary N) is 1. The highest BCUT2D eigenvalue weighted by Crippen LogP contribution is 2.30. The molecule has 3 aromatic rings. The molecule has 1 aliphatic rings. The molecule has 0 aromatic carbocycles. The minimum absolute atomic E-state index is 0.120. The fraction of sp³-hybridized carbons (Fsp3) is 0.520. The van der Waals surface area contributed by atoms with Crippen molar-refractivity contribution in [2.45, 2.75) is 64.8 Å². The molecule has 0 unspecified atom stereocenters. The summed E-state index contributed by atoms with van der Waals surface area (Å²) in [6.07, 6.45) is 4.23. The fourth-order valence-corrected chi connectivity index (χ4v) is 4.15. The summed E-state index contributed by atoms with van der Waals surface area (Å²) in [5.74, 6) is 0.0850. The van der Waals surface area contributed by atoms with Gasteiger partial charge in [0.15, 0.2) is 0 Å². The summed E-state index contributed by atoms with van der Waals surface area (Å²) in [7, 11) is 1.78. The molecular formula is C25H32FN7O4. The van der Waals surface area contributed by atoms with Gasteiger partial charge in [0, 0.05) is 19.3 Å². The zero-order valence-corrected chi connectivity index (χ0v) is 21.4. The van der Waals surface area contributed by atoms with Gasteiger partial charge < -0.3 is 19.9 Å². The Morgan fingerprint density at radius 2 is 2.08 bits per heavy atom. The van der Waals surface area contributed by atoms with Crippen molar-refractivity contribution in [3.8, 4) is 23.0 Å². The predicted octanol–water partition coefficient (Wildman–Crippen LogP) is 3.74. The minimum Gasteiger partial charge on any atom is -0.489 e. The number of carboxylic acids is 1. The van der Waals surface area contributed by atoms with Crippen molar-refractivity contribution in [1.82, 2.24) is 29.9 Å². The van der Waals surface area contributed by atoms with Gasteiger partial charge in [-0.05, 0) is 58.6 Å². The Morgan fingerprint density at radius 1 is 1.27 bits per heavy atom. The van der Waals surface area contributed by atoms with E-state index in [1.165, 1.54) is 20.0 Å². The molecule has 3 aromatic heterocycles. The Morgan fingerprint density at radius 3 is 2.81 bits per heavy atom. The number of halogens is 1. The van der Waals surface area contributed by atoms with Gasteiger partial charge in [0.25, 0.3) is 0 Å². The van der Waals surface area contributed by atoms with E-state index in [-0.39, 0.29) is 24.5 Å². The van der Waals surface area contributed by atoms with E-state index in [0.29, 0.717) is 48.2 Å². The molecule has 4 rings (SSSR count). The fourth-order valence-electron chi connectivity index (χ4n) is 4.15. The Balaban J connectivity index is 1.44. The number of carboxylic acid groups (broad SMARTS) is 1. The van der Waals surface area contributed by atoms with Crippen LogP contribution in [0.3, 0.4) is 0 Å². The number of hydrogen-bond acceptors (Lipinski definition) is 9. The summed E-state index contributed by atoms with van der Waals surface area (Å²) in [5.41, 5.74) is 1.20. The van der Waals surface area contributed by atoms with Crippen LogP contribution in [0.5, 0.6) is 11.6 Å². The molecule has 1 aliphatic carbocycles. The number of alkyl halides is 1. The van der Waals surface area contributed by atoms with Crippen LogP contribution in [0.1, 0.15) is 50.9 Å². The Kier molecular flexibility index (Phi) is 7.84. The summed E-state index contributed by atoms with van der Waals surface area (Å²) in [4.78, 5) is 24.5. The van der Waals surface area contributed by atoms with E-state index >= 15 is 0 Å². The molecule has 12 heteroatoms. The van der Waals surface area contributed by atoms with Gasteiger partial charge in [-0.15, -0.1) is 5.10 Å². The van der Waals surface area contributed by atoms with E-state index in [4.69, 9.17) is 9.47 Å². The van der Waals surface area contributed by atoms with E-state index < -0.39 is 11.6 Å². The Bertz CT molecular complexity index is 1240. The second-order valence-corrected chi connectivity index (χ2v) is 9.81. The number of rotatable bonds is 10. The van der Waals surface area contributed by atoms with Gasteiger partial charge in [0.05, 0.1) is 35.6 Å². The van der Waals surface area contributed by atoms with Crippen molar-refractivity contribution in [2.24, 2.45) is 13.0 Å². The molecular weight excluding hydrogens is 481 g/mol. The standard InChI is InChI=1S/C25H32FN7O4/c1-15-20(37-17-7-5-6-16(12-17)23(34)35)9-8-18(29-15)22-19(33(4)32-31-22)13-28-24-27-11-10-21(30-24)36-14-25(2,3)26/h8-11,16-17H,5-7,12-14H2,1-4H3,(H,34,35)(H,27,28,30)/t16-,17-/m0/s1. The third kappa shape index (κ3) is 6.89. The summed E-state index contributed by atoms with van der Waals surface area (Å²) in [6.45, 7) is 4.91. The van der Waals surface area contributed by atoms with Gasteiger partial charge >= 0.3 is 5.97 Å². The largest absolute Gasteiger partial charge is 0.489 e. The number of pyridine rings is 1. The first-order valence-electron chi connectivity index (χ1n) is 12.2. The molecule has 1 fully saturated rings. The molecule has 3 heterocycles. The average molecular weight is 514 g/mol. The maximum Gasteiger partial charge on any atom is 0.306 e. The lowest BCUT2D eigenvalue weighted by Crippen LogP contribution is -2.29.